The van der Waals surface area contributed by atoms with E-state index < -0.39 is 16.9 Å². The Morgan fingerprint density at radius 1 is 1.03 bits per heavy atom. The van der Waals surface area contributed by atoms with E-state index in [0.717, 1.165) is 15.6 Å². The van der Waals surface area contributed by atoms with Crippen molar-refractivity contribution in [2.75, 3.05) is 13.7 Å². The summed E-state index contributed by atoms with van der Waals surface area (Å²) in [6, 6.07) is 20.1. The Morgan fingerprint density at radius 3 is 2.37 bits per heavy atom. The van der Waals surface area contributed by atoms with Gasteiger partial charge in [-0.15, -0.1) is 0 Å². The van der Waals surface area contributed by atoms with Gasteiger partial charge in [-0.3, -0.25) is 19.7 Å². The van der Waals surface area contributed by atoms with Gasteiger partial charge in [-0.1, -0.05) is 58.4 Å². The average molecular weight is 584 g/mol. The average Bonchev–Trinajstić information content (AvgIpc) is 2.89. The second kappa shape index (κ2) is 13.6. The van der Waals surface area contributed by atoms with Gasteiger partial charge in [0, 0.05) is 35.6 Å². The standard InChI is InChI=1S/C28H30BrN3O6/c1-19(2)30-28(34)25(15-20-8-5-4-6-9-20)31(17-21-10-7-11-22(29)14-21)27(33)18-38-23-12-13-24(32(35)36)26(16-23)37-3/h4-14,16,19,25H,15,17-18H2,1-3H3,(H,30,34)/t25-/m1/s1. The smallest absolute Gasteiger partial charge is 0.311 e. The van der Waals surface area contributed by atoms with Gasteiger partial charge in [-0.25, -0.2) is 0 Å². The number of halogens is 1. The van der Waals surface area contributed by atoms with Crippen molar-refractivity contribution in [1.29, 1.82) is 0 Å². The summed E-state index contributed by atoms with van der Waals surface area (Å²) in [5.41, 5.74) is 1.53. The van der Waals surface area contributed by atoms with Gasteiger partial charge in [0.2, 0.25) is 11.7 Å². The minimum Gasteiger partial charge on any atom is -0.490 e. The van der Waals surface area contributed by atoms with Crippen LogP contribution in [0.1, 0.15) is 25.0 Å². The van der Waals surface area contributed by atoms with E-state index in [1.165, 1.54) is 30.2 Å². The number of methoxy groups -OCH3 is 1. The van der Waals surface area contributed by atoms with Crippen LogP contribution in [-0.4, -0.2) is 47.4 Å². The lowest BCUT2D eigenvalue weighted by Crippen LogP contribution is -2.52. The first kappa shape index (κ1) is 28.6. The zero-order valence-electron chi connectivity index (χ0n) is 21.4. The molecule has 0 spiro atoms. The van der Waals surface area contributed by atoms with Crippen LogP contribution in [0.15, 0.2) is 77.3 Å². The van der Waals surface area contributed by atoms with Crippen LogP contribution in [0.3, 0.4) is 0 Å². The number of ether oxygens (including phenoxy) is 2. The summed E-state index contributed by atoms with van der Waals surface area (Å²) in [5, 5.41) is 14.1. The topological polar surface area (TPSA) is 111 Å². The molecule has 9 nitrogen and oxygen atoms in total. The predicted octanol–water partition coefficient (Wildman–Crippen LogP) is 4.91. The molecule has 38 heavy (non-hydrogen) atoms. The van der Waals surface area contributed by atoms with E-state index in [1.807, 2.05) is 68.4 Å². The maximum absolute atomic E-state index is 13.6. The van der Waals surface area contributed by atoms with Crippen LogP contribution in [0, 0.1) is 10.1 Å². The molecular weight excluding hydrogens is 554 g/mol. The van der Waals surface area contributed by atoms with E-state index in [-0.39, 0.29) is 42.3 Å². The molecule has 0 fully saturated rings. The summed E-state index contributed by atoms with van der Waals surface area (Å²) in [7, 11) is 1.32. The highest BCUT2D eigenvalue weighted by molar-refractivity contribution is 9.10. The van der Waals surface area contributed by atoms with Gasteiger partial charge in [-0.2, -0.15) is 0 Å². The molecule has 0 heterocycles. The van der Waals surface area contributed by atoms with Crippen molar-refractivity contribution >= 4 is 33.4 Å². The van der Waals surface area contributed by atoms with Crippen molar-refractivity contribution in [3.05, 3.63) is 98.5 Å². The maximum atomic E-state index is 13.6. The molecule has 1 N–H and O–H groups in total. The fourth-order valence-electron chi connectivity index (χ4n) is 3.89. The van der Waals surface area contributed by atoms with Crippen molar-refractivity contribution in [3.8, 4) is 11.5 Å². The second-order valence-electron chi connectivity index (χ2n) is 8.90. The van der Waals surface area contributed by atoms with Crippen molar-refractivity contribution in [1.82, 2.24) is 10.2 Å². The van der Waals surface area contributed by atoms with Gasteiger partial charge in [0.15, 0.2) is 6.61 Å². The minimum absolute atomic E-state index is 0.0178. The number of benzene rings is 3. The molecule has 0 radical (unpaired) electrons. The third-order valence-corrected chi connectivity index (χ3v) is 6.15. The van der Waals surface area contributed by atoms with E-state index in [4.69, 9.17) is 9.47 Å². The molecule has 0 unspecified atom stereocenters. The summed E-state index contributed by atoms with van der Waals surface area (Å²) < 4.78 is 11.7. The number of hydrogen-bond acceptors (Lipinski definition) is 6. The number of nitro benzene ring substituents is 1. The van der Waals surface area contributed by atoms with Crippen molar-refractivity contribution in [3.63, 3.8) is 0 Å². The Morgan fingerprint density at radius 2 is 1.74 bits per heavy atom. The maximum Gasteiger partial charge on any atom is 0.311 e. The van der Waals surface area contributed by atoms with Gasteiger partial charge in [0.1, 0.15) is 11.8 Å². The highest BCUT2D eigenvalue weighted by Gasteiger charge is 2.31. The molecule has 0 aromatic heterocycles. The fourth-order valence-corrected chi connectivity index (χ4v) is 4.34. The lowest BCUT2D eigenvalue weighted by molar-refractivity contribution is -0.385. The van der Waals surface area contributed by atoms with Crippen molar-refractivity contribution in [2.24, 2.45) is 0 Å². The number of carbonyl (C=O) groups excluding carboxylic acids is 2. The molecular formula is C28H30BrN3O6. The number of carbonyl (C=O) groups is 2. The molecule has 0 saturated heterocycles. The van der Waals surface area contributed by atoms with Crippen LogP contribution < -0.4 is 14.8 Å². The van der Waals surface area contributed by atoms with E-state index in [1.54, 1.807) is 0 Å². The van der Waals surface area contributed by atoms with Crippen LogP contribution in [0.5, 0.6) is 11.5 Å². The SMILES string of the molecule is COc1cc(OCC(=O)N(Cc2cccc(Br)c2)[C@H](Cc2ccccc2)C(=O)NC(C)C)ccc1[N+](=O)[O-]. The molecule has 2 amide bonds. The van der Waals surface area contributed by atoms with Crippen LogP contribution >= 0.6 is 15.9 Å². The Hall–Kier alpha value is -3.92. The van der Waals surface area contributed by atoms with Gasteiger partial charge in [0.25, 0.3) is 5.91 Å². The predicted molar refractivity (Wildman–Crippen MR) is 147 cm³/mol. The summed E-state index contributed by atoms with van der Waals surface area (Å²) in [4.78, 5) is 39.2. The molecule has 3 aromatic carbocycles. The third kappa shape index (κ3) is 8.04. The molecule has 3 rings (SSSR count). The monoisotopic (exact) mass is 583 g/mol. The van der Waals surface area contributed by atoms with Crippen LogP contribution in [-0.2, 0) is 22.6 Å². The highest BCUT2D eigenvalue weighted by atomic mass is 79.9. The Kier molecular flexibility index (Phi) is 10.2. The minimum atomic E-state index is -0.804. The largest absolute Gasteiger partial charge is 0.490 e. The Labute approximate surface area is 230 Å². The Balaban J connectivity index is 1.91. The van der Waals surface area contributed by atoms with Gasteiger partial charge in [-0.05, 0) is 43.2 Å². The number of amides is 2. The quantitative estimate of drug-likeness (QED) is 0.239. The molecule has 200 valence electrons. The molecule has 0 aliphatic heterocycles. The first-order valence-electron chi connectivity index (χ1n) is 12.0. The molecule has 0 aliphatic carbocycles. The first-order valence-corrected chi connectivity index (χ1v) is 12.8. The van der Waals surface area contributed by atoms with Crippen molar-refractivity contribution in [2.45, 2.75) is 38.9 Å². The van der Waals surface area contributed by atoms with E-state index in [2.05, 4.69) is 21.2 Å². The van der Waals surface area contributed by atoms with Gasteiger partial charge in [0.05, 0.1) is 12.0 Å². The van der Waals surface area contributed by atoms with E-state index in [9.17, 15) is 19.7 Å². The normalized spacial score (nSPS) is 11.5. The summed E-state index contributed by atoms with van der Waals surface area (Å²) in [6.07, 6.45) is 0.310. The van der Waals surface area contributed by atoms with Gasteiger partial charge >= 0.3 is 5.69 Å². The van der Waals surface area contributed by atoms with E-state index in [0.29, 0.717) is 6.42 Å². The number of nitrogens with zero attached hydrogens (tertiary/aromatic N) is 2. The fraction of sp³-hybridized carbons (Fsp3) is 0.286. The second-order valence-corrected chi connectivity index (χ2v) is 9.82. The Bertz CT molecular complexity index is 1270. The zero-order chi connectivity index (χ0) is 27.7. The molecule has 0 aliphatic rings. The molecule has 0 saturated carbocycles. The van der Waals surface area contributed by atoms with Crippen LogP contribution in [0.25, 0.3) is 0 Å². The number of hydrogen-bond donors (Lipinski definition) is 1. The number of nitro groups is 1. The van der Waals surface area contributed by atoms with Crippen LogP contribution in [0.2, 0.25) is 0 Å². The lowest BCUT2D eigenvalue weighted by atomic mass is 10.0. The number of rotatable bonds is 12. The molecule has 1 atom stereocenters. The summed E-state index contributed by atoms with van der Waals surface area (Å²) >= 11 is 3.47. The van der Waals surface area contributed by atoms with E-state index >= 15 is 0 Å². The highest BCUT2D eigenvalue weighted by Crippen LogP contribution is 2.31. The number of nitrogens with one attached hydrogen (secondary N) is 1. The lowest BCUT2D eigenvalue weighted by Gasteiger charge is -2.32. The van der Waals surface area contributed by atoms with Crippen LogP contribution in [0.4, 0.5) is 5.69 Å². The molecule has 10 heteroatoms. The summed E-state index contributed by atoms with van der Waals surface area (Å²) in [5.74, 6) is -0.440. The molecule has 3 aromatic rings. The summed E-state index contributed by atoms with van der Waals surface area (Å²) in [6.45, 7) is 3.52. The van der Waals surface area contributed by atoms with Gasteiger partial charge < -0.3 is 19.7 Å². The van der Waals surface area contributed by atoms with Crippen molar-refractivity contribution < 1.29 is 24.0 Å². The third-order valence-electron chi connectivity index (χ3n) is 5.65. The first-order chi connectivity index (χ1) is 18.2. The zero-order valence-corrected chi connectivity index (χ0v) is 23.0. The molecule has 0 bridgehead atoms.